The Morgan fingerprint density at radius 3 is 2.04 bits per heavy atom. The van der Waals surface area contributed by atoms with Crippen LogP contribution in [0.1, 0.15) is 46.5 Å². The van der Waals surface area contributed by atoms with Crippen LogP contribution >= 0.6 is 0 Å². The molecule has 0 atom stereocenters. The third kappa shape index (κ3) is 14.3. The van der Waals surface area contributed by atoms with E-state index in [0.717, 1.165) is 32.6 Å². The van der Waals surface area contributed by atoms with Gasteiger partial charge >= 0.3 is 0 Å². The molecule has 1 heterocycles. The van der Waals surface area contributed by atoms with E-state index in [1.54, 1.807) is 0 Å². The van der Waals surface area contributed by atoms with Crippen LogP contribution in [0.5, 0.6) is 0 Å². The van der Waals surface area contributed by atoms with Crippen molar-refractivity contribution < 1.29 is 17.5 Å². The van der Waals surface area contributed by atoms with Gasteiger partial charge in [0.05, 0.1) is 10.1 Å². The van der Waals surface area contributed by atoms with E-state index in [1.807, 2.05) is 6.07 Å². The molecule has 0 amide bonds. The predicted octanol–water partition coefficient (Wildman–Crippen LogP) is 2.43. The van der Waals surface area contributed by atoms with Gasteiger partial charge in [0, 0.05) is 24.3 Å². The van der Waals surface area contributed by atoms with Crippen molar-refractivity contribution in [2.24, 2.45) is 0 Å². The zero-order chi connectivity index (χ0) is 17.6. The Balaban J connectivity index is 0.000000433. The second-order valence-electron chi connectivity index (χ2n) is 5.46. The number of nitrogens with zero attached hydrogens (tertiary/aromatic N) is 2. The zero-order valence-electron chi connectivity index (χ0n) is 14.8. The highest BCUT2D eigenvalue weighted by Gasteiger charge is 1.99. The number of pyridine rings is 1. The molecule has 23 heavy (non-hydrogen) atoms. The van der Waals surface area contributed by atoms with E-state index in [4.69, 9.17) is 0 Å². The maximum atomic E-state index is 10.2. The monoisotopic (exact) mass is 344 g/mol. The molecule has 6 heteroatoms. The molecule has 0 aromatic carbocycles. The van der Waals surface area contributed by atoms with Gasteiger partial charge in [0.2, 0.25) is 0 Å². The average molecular weight is 345 g/mol. The Kier molecular flexibility index (Phi) is 12.9. The Labute approximate surface area is 142 Å². The molecule has 0 aliphatic carbocycles. The van der Waals surface area contributed by atoms with E-state index in [9.17, 15) is 13.0 Å². The summed E-state index contributed by atoms with van der Waals surface area (Å²) in [6.45, 7) is 10.3. The summed E-state index contributed by atoms with van der Waals surface area (Å²) in [7, 11) is -4.00. The summed E-state index contributed by atoms with van der Waals surface area (Å²) in [4.78, 5) is 2.21. The molecule has 5 nitrogen and oxygen atoms in total. The molecule has 0 saturated carbocycles. The first-order valence-electron chi connectivity index (χ1n) is 8.52. The van der Waals surface area contributed by atoms with Crippen LogP contribution in [-0.2, 0) is 16.7 Å². The number of hydrogen-bond acceptors (Lipinski definition) is 4. The fourth-order valence-electron chi connectivity index (χ4n) is 2.08. The topological polar surface area (TPSA) is 64.3 Å². The van der Waals surface area contributed by atoms with E-state index in [0.29, 0.717) is 6.42 Å². The maximum Gasteiger partial charge on any atom is 0.168 e. The van der Waals surface area contributed by atoms with Gasteiger partial charge in [-0.05, 0) is 32.5 Å². The van der Waals surface area contributed by atoms with Gasteiger partial charge in [-0.25, -0.2) is 13.0 Å². The SMILES string of the molecule is CCCC[n+]1ccccc1.CCN(CC)CCCCS(=O)(=O)[O-]. The third-order valence-corrected chi connectivity index (χ3v) is 4.35. The number of aryl methyl sites for hydroxylation is 1. The molecule has 0 unspecified atom stereocenters. The minimum Gasteiger partial charge on any atom is -0.748 e. The Morgan fingerprint density at radius 2 is 1.57 bits per heavy atom. The van der Waals surface area contributed by atoms with Crippen LogP contribution in [0.25, 0.3) is 0 Å². The van der Waals surface area contributed by atoms with Crippen molar-refractivity contribution in [3.05, 3.63) is 30.6 Å². The van der Waals surface area contributed by atoms with Gasteiger partial charge < -0.3 is 9.45 Å². The van der Waals surface area contributed by atoms with Crippen molar-refractivity contribution in [2.45, 2.75) is 53.0 Å². The summed E-state index contributed by atoms with van der Waals surface area (Å²) < 4.78 is 32.9. The third-order valence-electron chi connectivity index (χ3n) is 3.56. The van der Waals surface area contributed by atoms with Gasteiger partial charge in [-0.2, -0.15) is 0 Å². The molecule has 0 radical (unpaired) electrons. The van der Waals surface area contributed by atoms with E-state index >= 15 is 0 Å². The minimum atomic E-state index is -4.00. The van der Waals surface area contributed by atoms with Crippen LogP contribution in [0, 0.1) is 0 Å². The average Bonchev–Trinajstić information content (AvgIpc) is 2.54. The zero-order valence-corrected chi connectivity index (χ0v) is 15.6. The molecule has 0 N–H and O–H groups in total. The quantitative estimate of drug-likeness (QED) is 0.371. The number of unbranched alkanes of at least 4 members (excludes halogenated alkanes) is 2. The van der Waals surface area contributed by atoms with Crippen LogP contribution in [0.2, 0.25) is 0 Å². The van der Waals surface area contributed by atoms with Gasteiger partial charge in [0.25, 0.3) is 0 Å². The number of hydrogen-bond donors (Lipinski definition) is 0. The van der Waals surface area contributed by atoms with Crippen molar-refractivity contribution in [1.82, 2.24) is 4.90 Å². The Morgan fingerprint density at radius 1 is 0.957 bits per heavy atom. The fraction of sp³-hybridized carbons (Fsp3) is 0.706. The largest absolute Gasteiger partial charge is 0.748 e. The van der Waals surface area contributed by atoms with Gasteiger partial charge in [0.1, 0.15) is 6.54 Å². The number of aromatic nitrogens is 1. The van der Waals surface area contributed by atoms with Crippen LogP contribution in [0.3, 0.4) is 0 Å². The second kappa shape index (κ2) is 13.5. The number of rotatable bonds is 10. The van der Waals surface area contributed by atoms with Crippen molar-refractivity contribution in [2.75, 3.05) is 25.4 Å². The minimum absolute atomic E-state index is 0.228. The maximum absolute atomic E-state index is 10.2. The highest BCUT2D eigenvalue weighted by atomic mass is 32.2. The molecule has 0 fully saturated rings. The van der Waals surface area contributed by atoms with Crippen molar-refractivity contribution >= 4 is 10.1 Å². The molecule has 0 aliphatic rings. The van der Waals surface area contributed by atoms with Crippen LogP contribution in [-0.4, -0.2) is 43.3 Å². The molecule has 0 saturated heterocycles. The van der Waals surface area contributed by atoms with Gasteiger partial charge in [0.15, 0.2) is 12.4 Å². The summed E-state index contributed by atoms with van der Waals surface area (Å²) >= 11 is 0. The lowest BCUT2D eigenvalue weighted by molar-refractivity contribution is -0.697. The lowest BCUT2D eigenvalue weighted by atomic mass is 10.3. The molecule has 134 valence electrons. The second-order valence-corrected chi connectivity index (χ2v) is 6.99. The predicted molar refractivity (Wildman–Crippen MR) is 93.1 cm³/mol. The van der Waals surface area contributed by atoms with Gasteiger partial charge in [-0.15, -0.1) is 0 Å². The highest BCUT2D eigenvalue weighted by Crippen LogP contribution is 1.97. The van der Waals surface area contributed by atoms with E-state index in [2.05, 4.69) is 54.8 Å². The molecule has 0 bridgehead atoms. The lowest BCUT2D eigenvalue weighted by Gasteiger charge is -2.17. The molecule has 0 aliphatic heterocycles. The molecule has 1 aromatic rings. The highest BCUT2D eigenvalue weighted by molar-refractivity contribution is 7.85. The van der Waals surface area contributed by atoms with Crippen LogP contribution < -0.4 is 4.57 Å². The summed E-state index contributed by atoms with van der Waals surface area (Å²) in [5.74, 6) is -0.228. The molecule has 1 rings (SSSR count). The van der Waals surface area contributed by atoms with E-state index in [-0.39, 0.29) is 5.75 Å². The summed E-state index contributed by atoms with van der Waals surface area (Å²) in [5.41, 5.74) is 0. The lowest BCUT2D eigenvalue weighted by Crippen LogP contribution is -2.31. The van der Waals surface area contributed by atoms with Crippen LogP contribution in [0.15, 0.2) is 30.6 Å². The van der Waals surface area contributed by atoms with Gasteiger partial charge in [-0.1, -0.05) is 33.3 Å². The normalized spacial score (nSPS) is 11.2. The van der Waals surface area contributed by atoms with Gasteiger partial charge in [-0.3, -0.25) is 0 Å². The van der Waals surface area contributed by atoms with Crippen molar-refractivity contribution in [1.29, 1.82) is 0 Å². The van der Waals surface area contributed by atoms with Crippen LogP contribution in [0.4, 0.5) is 0 Å². The van der Waals surface area contributed by atoms with Crippen molar-refractivity contribution in [3.8, 4) is 0 Å². The fourth-order valence-corrected chi connectivity index (χ4v) is 2.64. The Bertz CT molecular complexity index is 474. The summed E-state index contributed by atoms with van der Waals surface area (Å²) in [6.07, 6.45) is 8.01. The molecular weight excluding hydrogens is 312 g/mol. The Hall–Kier alpha value is -0.980. The molecule has 1 aromatic heterocycles. The first-order chi connectivity index (χ1) is 10.9. The summed E-state index contributed by atoms with van der Waals surface area (Å²) in [5, 5.41) is 0. The van der Waals surface area contributed by atoms with E-state index in [1.165, 1.54) is 12.8 Å². The van der Waals surface area contributed by atoms with E-state index < -0.39 is 10.1 Å². The summed E-state index contributed by atoms with van der Waals surface area (Å²) in [6, 6.07) is 6.17. The molecule has 0 spiro atoms. The first-order valence-corrected chi connectivity index (χ1v) is 10.1. The smallest absolute Gasteiger partial charge is 0.168 e. The standard InChI is InChI=1S/C9H14N.C8H19NO3S/c1-2-3-7-10-8-5-4-6-9-10;1-3-9(4-2)7-5-6-8-13(10,11)12/h4-6,8-9H,2-3,7H2,1H3;3-8H2,1-2H3,(H,10,11,12)/q+1;/p-1. The first kappa shape index (κ1) is 22.0. The van der Waals surface area contributed by atoms with Crippen molar-refractivity contribution in [3.63, 3.8) is 0 Å². The molecular formula is C17H32N2O3S.